The van der Waals surface area contributed by atoms with Crippen molar-refractivity contribution in [2.24, 2.45) is 41.2 Å². The average molecular weight is 1690 g/mol. The normalized spacial score (nSPS) is 13.4. The van der Waals surface area contributed by atoms with Gasteiger partial charge in [-0.2, -0.15) is 0 Å². The molecule has 0 aliphatic heterocycles. The smallest absolute Gasteiger partial charge is 0.407 e. The van der Waals surface area contributed by atoms with E-state index in [2.05, 4.69) is 47.9 Å². The van der Waals surface area contributed by atoms with E-state index in [1.54, 1.807) is 82.5 Å². The van der Waals surface area contributed by atoms with Crippen molar-refractivity contribution in [3.05, 3.63) is 108 Å². The number of carbonyl (C=O) groups is 15. The first-order valence-electron chi connectivity index (χ1n) is 41.6. The largest absolute Gasteiger partial charge is 0.447 e. The minimum atomic E-state index is -1.00. The number of Topliss-reactive ketones (excluding diaryl/α,β-unsaturated/α-hetero) is 6. The number of rotatable bonds is 66. The van der Waals surface area contributed by atoms with Crippen LogP contribution in [0.4, 0.5) is 14.4 Å². The number of nitrogens with two attached hydrogens (primary N) is 1. The van der Waals surface area contributed by atoms with Gasteiger partial charge in [0, 0.05) is 114 Å². The lowest BCUT2D eigenvalue weighted by Crippen LogP contribution is -2.46. The summed E-state index contributed by atoms with van der Waals surface area (Å²) < 4.78 is 42.3. The average Bonchev–Trinajstić information content (AvgIpc) is 0.873. The number of hydrogen-bond donors (Lipinski definition) is 10. The molecule has 0 radical (unpaired) electrons. The second-order valence-electron chi connectivity index (χ2n) is 31.3. The SMILES string of the molecule is COCCOCCCNC(=O)CCC(=O)C(CC(C)C)NC(=O)C(CC(=O)CNC(=O)OCCOCC(C)NC(=O)CCC(=O)C(CC(C)C)NC(=O)C(CC(=O)CNC(=O)OCCOCC(C)NC(=O)CCC(=O)C(CC(C)C)NC(=O)C(CC(=O)CNC(=O)OCCOCC(C)N)Cc1ccccc1)Cc1ccccc1)Cc1ccccc1. The second kappa shape index (κ2) is 61.4. The molecule has 0 aliphatic rings. The lowest BCUT2D eigenvalue weighted by molar-refractivity contribution is -0.133. The van der Waals surface area contributed by atoms with E-state index in [0.717, 1.165) is 16.7 Å². The fourth-order valence-electron chi connectivity index (χ4n) is 12.4. The van der Waals surface area contributed by atoms with Crippen LogP contribution in [0.5, 0.6) is 0 Å². The van der Waals surface area contributed by atoms with Gasteiger partial charge in [-0.25, -0.2) is 14.4 Å². The van der Waals surface area contributed by atoms with Gasteiger partial charge in [0.05, 0.1) is 90.6 Å². The van der Waals surface area contributed by atoms with Crippen molar-refractivity contribution < 1.29 is 110 Å². The molecule has 0 heterocycles. The van der Waals surface area contributed by atoms with Crippen LogP contribution >= 0.6 is 0 Å². The molecule has 9 unspecified atom stereocenters. The fourth-order valence-corrected chi connectivity index (χ4v) is 12.4. The molecule has 9 atom stereocenters. The van der Waals surface area contributed by atoms with Gasteiger partial charge in [0.2, 0.25) is 35.4 Å². The summed E-state index contributed by atoms with van der Waals surface area (Å²) in [4.78, 5) is 199. The Morgan fingerprint density at radius 1 is 0.342 bits per heavy atom. The molecule has 33 nitrogen and oxygen atoms in total. The van der Waals surface area contributed by atoms with E-state index in [1.807, 2.05) is 77.9 Å². The van der Waals surface area contributed by atoms with Gasteiger partial charge < -0.3 is 91.5 Å². The highest BCUT2D eigenvalue weighted by Crippen LogP contribution is 2.21. The molecule has 3 aromatic carbocycles. The van der Waals surface area contributed by atoms with Crippen LogP contribution < -0.4 is 53.6 Å². The Morgan fingerprint density at radius 3 is 0.958 bits per heavy atom. The Balaban J connectivity index is 1.42. The third kappa shape index (κ3) is 50.2. The Hall–Kier alpha value is -9.93. The van der Waals surface area contributed by atoms with Crippen LogP contribution in [0.15, 0.2) is 91.0 Å². The summed E-state index contributed by atoms with van der Waals surface area (Å²) in [6.45, 7) is 16.5. The number of benzene rings is 3. The maximum atomic E-state index is 14.1. The van der Waals surface area contributed by atoms with Crippen LogP contribution in [-0.4, -0.2) is 237 Å². The molecular weight excluding hydrogens is 1550 g/mol. The zero-order valence-electron chi connectivity index (χ0n) is 71.7. The number of hydrogen-bond acceptors (Lipinski definition) is 24. The second-order valence-corrected chi connectivity index (χ2v) is 31.3. The van der Waals surface area contributed by atoms with Gasteiger partial charge in [0.25, 0.3) is 0 Å². The van der Waals surface area contributed by atoms with E-state index in [4.69, 9.17) is 43.6 Å². The molecule has 3 rings (SSSR count). The van der Waals surface area contributed by atoms with Crippen molar-refractivity contribution in [1.29, 1.82) is 0 Å². The molecular formula is C87H132N10O23. The van der Waals surface area contributed by atoms with Crippen molar-refractivity contribution in [2.45, 2.75) is 201 Å². The first kappa shape index (κ1) is 104. The number of alkyl carbamates (subject to hydrolysis) is 3. The first-order valence-corrected chi connectivity index (χ1v) is 41.6. The molecule has 9 amide bonds. The van der Waals surface area contributed by atoms with Gasteiger partial charge in [0.15, 0.2) is 34.7 Å². The molecule has 33 heteroatoms. The Morgan fingerprint density at radius 2 is 0.650 bits per heavy atom. The Bertz CT molecular complexity index is 3610. The molecule has 0 fully saturated rings. The van der Waals surface area contributed by atoms with E-state index in [-0.39, 0.29) is 191 Å². The summed E-state index contributed by atoms with van der Waals surface area (Å²) in [6, 6.07) is 22.9. The number of carbonyl (C=O) groups excluding carboxylic acids is 15. The lowest BCUT2D eigenvalue weighted by Gasteiger charge is -2.23. The van der Waals surface area contributed by atoms with Crippen molar-refractivity contribution >= 4 is 88.4 Å². The molecule has 0 bridgehead atoms. The number of amides is 9. The number of nitrogens with one attached hydrogen (secondary N) is 9. The van der Waals surface area contributed by atoms with Crippen LogP contribution in [0.1, 0.15) is 162 Å². The van der Waals surface area contributed by atoms with Gasteiger partial charge in [-0.3, -0.25) is 57.5 Å². The predicted octanol–water partition coefficient (Wildman–Crippen LogP) is 5.84. The van der Waals surface area contributed by atoms with Crippen molar-refractivity contribution in [1.82, 2.24) is 47.9 Å². The summed E-state index contributed by atoms with van der Waals surface area (Å²) in [6.07, 6.45) is -2.68. The van der Waals surface area contributed by atoms with Gasteiger partial charge in [-0.05, 0) is 100 Å². The highest BCUT2D eigenvalue weighted by atomic mass is 16.6. The maximum Gasteiger partial charge on any atom is 0.407 e. The van der Waals surface area contributed by atoms with Crippen molar-refractivity contribution in [2.75, 3.05) is 113 Å². The summed E-state index contributed by atoms with van der Waals surface area (Å²) >= 11 is 0. The highest BCUT2D eigenvalue weighted by molar-refractivity contribution is 5.97. The van der Waals surface area contributed by atoms with Gasteiger partial charge in [-0.1, -0.05) is 133 Å². The number of ketones is 6. The monoisotopic (exact) mass is 1680 g/mol. The van der Waals surface area contributed by atoms with E-state index in [0.29, 0.717) is 39.2 Å². The Kier molecular flexibility index (Phi) is 53.3. The zero-order valence-corrected chi connectivity index (χ0v) is 71.7. The van der Waals surface area contributed by atoms with Crippen molar-refractivity contribution in [3.8, 4) is 0 Å². The van der Waals surface area contributed by atoms with Gasteiger partial charge in [-0.15, -0.1) is 0 Å². The topological polar surface area (TPSA) is 464 Å². The quantitative estimate of drug-likeness (QED) is 0.0234. The van der Waals surface area contributed by atoms with Crippen LogP contribution in [0, 0.1) is 35.5 Å². The molecule has 0 aromatic heterocycles. The minimum Gasteiger partial charge on any atom is -0.447 e. The molecule has 668 valence electrons. The van der Waals surface area contributed by atoms with Gasteiger partial charge >= 0.3 is 18.3 Å². The maximum absolute atomic E-state index is 14.1. The van der Waals surface area contributed by atoms with Crippen molar-refractivity contribution in [3.63, 3.8) is 0 Å². The molecule has 0 saturated carbocycles. The zero-order chi connectivity index (χ0) is 88.6. The molecule has 0 spiro atoms. The summed E-state index contributed by atoms with van der Waals surface area (Å²) in [5.74, 6) is -8.24. The summed E-state index contributed by atoms with van der Waals surface area (Å²) in [5, 5.41) is 24.0. The minimum absolute atomic E-state index is 0.000697. The summed E-state index contributed by atoms with van der Waals surface area (Å²) in [5.41, 5.74) is 7.94. The Labute approximate surface area is 705 Å². The standard InChI is InChI=1S/C87H132N10O23/c1-58(2)43-73(76(101)27-30-79(104)89-33-20-34-114-36-35-113-10)95-82(107)67(46-64-21-14-11-15-22-64)49-71(99)53-91-86(111)119-41-38-116-56-62(8)94-81(106)32-29-78(103)75(45-60(5)6)97-84(109)69(48-66-25-18-13-19-26-66)51-72(100)54-92-87(112)120-42-39-117-57-63(9)93-80(105)31-28-77(102)74(44-59(3)4)96-83(108)68(47-65-23-16-12-17-24-65)50-70(98)52-90-85(110)118-40-37-115-55-61(7)88/h11-19,21-26,58-63,67-69,73-75H,20,27-57,88H2,1-10H3,(H,89,104)(H,90,110)(H,91,111)(H,92,112)(H,93,105)(H,94,106)(H,95,107)(H,96,108)(H,97,109). The number of methoxy groups -OCH3 is 1. The van der Waals surface area contributed by atoms with E-state index >= 15 is 0 Å². The predicted molar refractivity (Wildman–Crippen MR) is 446 cm³/mol. The molecule has 11 N–H and O–H groups in total. The molecule has 0 saturated heterocycles. The number of ether oxygens (including phenoxy) is 8. The molecule has 0 aliphatic carbocycles. The van der Waals surface area contributed by atoms with Crippen LogP contribution in [-0.2, 0) is 115 Å². The van der Waals surface area contributed by atoms with Gasteiger partial charge in [0.1, 0.15) is 19.8 Å². The van der Waals surface area contributed by atoms with E-state index in [1.165, 1.54) is 0 Å². The third-order valence-corrected chi connectivity index (χ3v) is 18.4. The van der Waals surface area contributed by atoms with Crippen LogP contribution in [0.2, 0.25) is 0 Å². The van der Waals surface area contributed by atoms with Crippen LogP contribution in [0.25, 0.3) is 0 Å². The highest BCUT2D eigenvalue weighted by Gasteiger charge is 2.33. The van der Waals surface area contributed by atoms with E-state index < -0.39 is 139 Å². The molecule has 120 heavy (non-hydrogen) atoms. The summed E-state index contributed by atoms with van der Waals surface area (Å²) in [7, 11) is 1.58. The first-order chi connectivity index (χ1) is 57.3. The fraction of sp³-hybridized carbons (Fsp3) is 0.621. The van der Waals surface area contributed by atoms with Crippen LogP contribution in [0.3, 0.4) is 0 Å². The lowest BCUT2D eigenvalue weighted by atomic mass is 9.91. The molecule has 3 aromatic rings. The third-order valence-electron chi connectivity index (χ3n) is 18.4. The van der Waals surface area contributed by atoms with E-state index in [9.17, 15) is 71.9 Å².